The van der Waals surface area contributed by atoms with Gasteiger partial charge in [-0.1, -0.05) is 6.08 Å². The van der Waals surface area contributed by atoms with Gasteiger partial charge >= 0.3 is 5.97 Å². The summed E-state index contributed by atoms with van der Waals surface area (Å²) in [7, 11) is 1.49. The van der Waals surface area contributed by atoms with Crippen LogP contribution in [0.4, 0.5) is 0 Å². The van der Waals surface area contributed by atoms with Gasteiger partial charge in [0.1, 0.15) is 6.10 Å². The number of cyclic esters (lactones) is 1. The van der Waals surface area contributed by atoms with E-state index in [-0.39, 0.29) is 37.3 Å². The molecular formula is C13H20O5. The minimum absolute atomic E-state index is 0.0480. The Kier molecular flexibility index (Phi) is 6.01. The van der Waals surface area contributed by atoms with Crippen LogP contribution in [-0.4, -0.2) is 42.3 Å². The van der Waals surface area contributed by atoms with Gasteiger partial charge in [0.2, 0.25) is 0 Å². The van der Waals surface area contributed by atoms with Crippen LogP contribution in [0.1, 0.15) is 32.6 Å². The maximum absolute atomic E-state index is 11.6. The van der Waals surface area contributed by atoms with Gasteiger partial charge in [0.05, 0.1) is 18.6 Å². The van der Waals surface area contributed by atoms with Gasteiger partial charge in [-0.3, -0.25) is 9.59 Å². The lowest BCUT2D eigenvalue weighted by atomic mass is 10.0. The van der Waals surface area contributed by atoms with Gasteiger partial charge in [0.15, 0.2) is 5.78 Å². The number of carbonyl (C=O) groups is 2. The number of esters is 1. The first-order valence-electron chi connectivity index (χ1n) is 6.11. The second kappa shape index (κ2) is 7.28. The van der Waals surface area contributed by atoms with Crippen LogP contribution in [0, 0.1) is 0 Å². The summed E-state index contributed by atoms with van der Waals surface area (Å²) < 4.78 is 10.2. The van der Waals surface area contributed by atoms with Gasteiger partial charge in [-0.2, -0.15) is 0 Å². The van der Waals surface area contributed by atoms with Gasteiger partial charge in [0.25, 0.3) is 0 Å². The molecule has 0 aliphatic carbocycles. The molecule has 0 radical (unpaired) electrons. The van der Waals surface area contributed by atoms with Crippen molar-refractivity contribution in [2.45, 2.75) is 50.9 Å². The van der Waals surface area contributed by atoms with E-state index in [9.17, 15) is 14.7 Å². The summed E-state index contributed by atoms with van der Waals surface area (Å²) in [5.41, 5.74) is 0. The quantitative estimate of drug-likeness (QED) is 0.708. The Balaban J connectivity index is 2.72. The van der Waals surface area contributed by atoms with Crippen LogP contribution >= 0.6 is 0 Å². The number of allylic oxidation sites excluding steroid dienone is 1. The van der Waals surface area contributed by atoms with Gasteiger partial charge < -0.3 is 14.6 Å². The second-order valence-corrected chi connectivity index (χ2v) is 4.56. The summed E-state index contributed by atoms with van der Waals surface area (Å²) in [5.74, 6) is -0.474. The zero-order valence-corrected chi connectivity index (χ0v) is 10.8. The first kappa shape index (κ1) is 14.9. The summed E-state index contributed by atoms with van der Waals surface area (Å²) in [6, 6.07) is 0. The number of carbonyl (C=O) groups excluding carboxylic acids is 2. The van der Waals surface area contributed by atoms with E-state index in [1.165, 1.54) is 13.2 Å². The number of ether oxygens (including phenoxy) is 2. The van der Waals surface area contributed by atoms with Crippen LogP contribution in [0.3, 0.4) is 0 Å². The minimum atomic E-state index is -0.842. The summed E-state index contributed by atoms with van der Waals surface area (Å²) in [6.45, 7) is 1.75. The van der Waals surface area contributed by atoms with Crippen LogP contribution in [0.2, 0.25) is 0 Å². The first-order chi connectivity index (χ1) is 8.51. The fraction of sp³-hybridized carbons (Fsp3) is 0.692. The number of ketones is 1. The standard InChI is InChI=1S/C13H20O5/c1-9-4-3-5-10(14)6-12(17-2)7-11(15)8-13(16)18-9/h3,5,9,11-12,15H,4,6-8H2,1-2H3/b5-3-/t9-,11-,12-/m1/s1. The zero-order chi connectivity index (χ0) is 13.5. The van der Waals surface area contributed by atoms with Gasteiger partial charge in [-0.25, -0.2) is 0 Å². The van der Waals surface area contributed by atoms with Crippen LogP contribution in [0.15, 0.2) is 12.2 Å². The third-order valence-electron chi connectivity index (χ3n) is 2.80. The number of hydrogen-bond acceptors (Lipinski definition) is 5. The number of aliphatic hydroxyl groups excluding tert-OH is 1. The third kappa shape index (κ3) is 5.42. The predicted octanol–water partition coefficient (Wildman–Crippen LogP) is 0.993. The van der Waals surface area contributed by atoms with E-state index in [1.807, 2.05) is 0 Å². The fourth-order valence-corrected chi connectivity index (χ4v) is 1.85. The molecule has 1 N–H and O–H groups in total. The highest BCUT2D eigenvalue weighted by molar-refractivity contribution is 5.89. The number of methoxy groups -OCH3 is 1. The molecule has 0 unspecified atom stereocenters. The molecule has 0 amide bonds. The fourth-order valence-electron chi connectivity index (χ4n) is 1.85. The van der Waals surface area contributed by atoms with Crippen molar-refractivity contribution >= 4 is 11.8 Å². The van der Waals surface area contributed by atoms with Crippen molar-refractivity contribution in [1.29, 1.82) is 0 Å². The molecule has 0 saturated carbocycles. The van der Waals surface area contributed by atoms with E-state index in [4.69, 9.17) is 9.47 Å². The van der Waals surface area contributed by atoms with E-state index < -0.39 is 12.1 Å². The Hall–Kier alpha value is -1.20. The Morgan fingerprint density at radius 1 is 1.39 bits per heavy atom. The maximum Gasteiger partial charge on any atom is 0.308 e. The van der Waals surface area contributed by atoms with Crippen LogP contribution in [0.5, 0.6) is 0 Å². The molecule has 1 aliphatic rings. The molecule has 0 bridgehead atoms. The molecule has 0 aromatic rings. The van der Waals surface area contributed by atoms with E-state index >= 15 is 0 Å². The number of rotatable bonds is 1. The zero-order valence-electron chi connectivity index (χ0n) is 10.8. The number of hydrogen-bond donors (Lipinski definition) is 1. The molecule has 18 heavy (non-hydrogen) atoms. The van der Waals surface area contributed by atoms with Crippen molar-refractivity contribution < 1.29 is 24.2 Å². The molecule has 1 heterocycles. The van der Waals surface area contributed by atoms with E-state index in [0.717, 1.165) is 0 Å². The molecule has 0 saturated heterocycles. The predicted molar refractivity (Wildman–Crippen MR) is 65.0 cm³/mol. The molecule has 0 fully saturated rings. The first-order valence-corrected chi connectivity index (χ1v) is 6.11. The SMILES string of the molecule is CO[C@@H]1CC(=O)/C=C\C[C@@H](C)OC(=O)C[C@H](O)C1. The molecule has 0 aromatic heterocycles. The Morgan fingerprint density at radius 3 is 2.78 bits per heavy atom. The molecule has 0 spiro atoms. The summed E-state index contributed by atoms with van der Waals surface area (Å²) in [5, 5.41) is 9.73. The van der Waals surface area contributed by atoms with Gasteiger partial charge in [-0.15, -0.1) is 0 Å². The average molecular weight is 256 g/mol. The lowest BCUT2D eigenvalue weighted by Gasteiger charge is -2.19. The van der Waals surface area contributed by atoms with E-state index in [0.29, 0.717) is 6.42 Å². The second-order valence-electron chi connectivity index (χ2n) is 4.56. The summed E-state index contributed by atoms with van der Waals surface area (Å²) in [4.78, 5) is 23.1. The molecule has 1 aliphatic heterocycles. The molecule has 1 rings (SSSR count). The third-order valence-corrected chi connectivity index (χ3v) is 2.80. The van der Waals surface area contributed by atoms with Crippen molar-refractivity contribution in [3.8, 4) is 0 Å². The highest BCUT2D eigenvalue weighted by Gasteiger charge is 2.21. The van der Waals surface area contributed by atoms with Gasteiger partial charge in [-0.05, 0) is 13.0 Å². The lowest BCUT2D eigenvalue weighted by molar-refractivity contribution is -0.150. The number of aliphatic hydroxyl groups is 1. The van der Waals surface area contributed by atoms with E-state index in [2.05, 4.69) is 0 Å². The van der Waals surface area contributed by atoms with Crippen LogP contribution in [-0.2, 0) is 19.1 Å². The monoisotopic (exact) mass is 256 g/mol. The smallest absolute Gasteiger partial charge is 0.308 e. The summed E-state index contributed by atoms with van der Waals surface area (Å²) >= 11 is 0. The molecule has 5 heteroatoms. The van der Waals surface area contributed by atoms with Crippen LogP contribution < -0.4 is 0 Å². The minimum Gasteiger partial charge on any atom is -0.462 e. The molecular weight excluding hydrogens is 236 g/mol. The Labute approximate surface area is 107 Å². The Bertz CT molecular complexity index is 323. The van der Waals surface area contributed by atoms with Crippen molar-refractivity contribution in [2.75, 3.05) is 7.11 Å². The van der Waals surface area contributed by atoms with Crippen molar-refractivity contribution in [1.82, 2.24) is 0 Å². The highest BCUT2D eigenvalue weighted by Crippen LogP contribution is 2.13. The summed E-state index contributed by atoms with van der Waals surface area (Å²) in [6.07, 6.45) is 2.56. The largest absolute Gasteiger partial charge is 0.462 e. The van der Waals surface area contributed by atoms with Crippen molar-refractivity contribution in [3.05, 3.63) is 12.2 Å². The molecule has 102 valence electrons. The lowest BCUT2D eigenvalue weighted by Crippen LogP contribution is -2.26. The van der Waals surface area contributed by atoms with Crippen molar-refractivity contribution in [2.24, 2.45) is 0 Å². The maximum atomic E-state index is 11.6. The Morgan fingerprint density at radius 2 is 2.11 bits per heavy atom. The normalized spacial score (nSPS) is 33.2. The van der Waals surface area contributed by atoms with Crippen LogP contribution in [0.25, 0.3) is 0 Å². The topological polar surface area (TPSA) is 72.8 Å². The average Bonchev–Trinajstić information content (AvgIpc) is 2.26. The molecule has 5 nitrogen and oxygen atoms in total. The van der Waals surface area contributed by atoms with Gasteiger partial charge in [0, 0.05) is 26.4 Å². The van der Waals surface area contributed by atoms with Crippen molar-refractivity contribution in [3.63, 3.8) is 0 Å². The van der Waals surface area contributed by atoms with E-state index in [1.54, 1.807) is 13.0 Å². The highest BCUT2D eigenvalue weighted by atomic mass is 16.5. The molecule has 0 aromatic carbocycles. The molecule has 3 atom stereocenters.